The topological polar surface area (TPSA) is 48.0 Å². The summed E-state index contributed by atoms with van der Waals surface area (Å²) in [5.74, 6) is 0.183. The quantitative estimate of drug-likeness (QED) is 0.762. The second-order valence-electron chi connectivity index (χ2n) is 8.51. The summed E-state index contributed by atoms with van der Waals surface area (Å²) in [6.07, 6.45) is 1.56. The molecule has 5 nitrogen and oxygen atoms in total. The summed E-state index contributed by atoms with van der Waals surface area (Å²) in [4.78, 5) is 4.82. The Bertz CT molecular complexity index is 834. The number of ether oxygens (including phenoxy) is 1. The van der Waals surface area contributed by atoms with Crippen LogP contribution in [0, 0.1) is 5.82 Å². The van der Waals surface area contributed by atoms with Gasteiger partial charge in [-0.15, -0.1) is 0 Å². The molecule has 2 N–H and O–H groups in total. The van der Waals surface area contributed by atoms with Crippen molar-refractivity contribution in [1.82, 2.24) is 15.1 Å². The molecule has 2 aliphatic rings. The number of piperazine rings is 1. The molecule has 30 heavy (non-hydrogen) atoms. The number of aromatic hydroxyl groups is 1. The number of nitrogens with zero attached hydrogens (tertiary/aromatic N) is 2. The molecule has 0 aliphatic carbocycles. The third-order valence-electron chi connectivity index (χ3n) is 6.42. The molecule has 2 aromatic rings. The summed E-state index contributed by atoms with van der Waals surface area (Å²) in [6, 6.07) is 15.2. The average molecular weight is 414 g/mol. The van der Waals surface area contributed by atoms with Gasteiger partial charge in [-0.1, -0.05) is 36.4 Å². The molecule has 0 bridgehead atoms. The highest BCUT2D eigenvalue weighted by Gasteiger charge is 2.28. The van der Waals surface area contributed by atoms with Crippen LogP contribution in [-0.2, 0) is 11.3 Å². The molecule has 2 heterocycles. The van der Waals surface area contributed by atoms with Gasteiger partial charge in [0, 0.05) is 62.5 Å². The van der Waals surface area contributed by atoms with Gasteiger partial charge < -0.3 is 15.2 Å². The highest BCUT2D eigenvalue weighted by atomic mass is 19.1. The summed E-state index contributed by atoms with van der Waals surface area (Å²) in [7, 11) is 2.18. The van der Waals surface area contributed by atoms with Crippen LogP contribution in [0.3, 0.4) is 0 Å². The molecule has 0 aromatic heterocycles. The lowest BCUT2D eigenvalue weighted by Gasteiger charge is -2.41. The van der Waals surface area contributed by atoms with Gasteiger partial charge in [0.15, 0.2) is 0 Å². The van der Waals surface area contributed by atoms with Gasteiger partial charge in [-0.25, -0.2) is 4.39 Å². The first kappa shape index (κ1) is 21.2. The Hall–Kier alpha value is -1.99. The summed E-state index contributed by atoms with van der Waals surface area (Å²) < 4.78 is 20.0. The Morgan fingerprint density at radius 1 is 1.13 bits per heavy atom. The van der Waals surface area contributed by atoms with Gasteiger partial charge in [-0.2, -0.15) is 0 Å². The van der Waals surface area contributed by atoms with Crippen molar-refractivity contribution < 1.29 is 14.2 Å². The summed E-state index contributed by atoms with van der Waals surface area (Å²) in [6.45, 7) is 5.26. The second kappa shape index (κ2) is 9.88. The molecule has 6 heteroatoms. The van der Waals surface area contributed by atoms with Crippen LogP contribution < -0.4 is 5.32 Å². The number of nitrogens with one attached hydrogen (secondary N) is 1. The van der Waals surface area contributed by atoms with Crippen LogP contribution >= 0.6 is 0 Å². The highest BCUT2D eigenvalue weighted by Crippen LogP contribution is 2.30. The summed E-state index contributed by atoms with van der Waals surface area (Å²) in [5, 5.41) is 13.8. The molecule has 2 fully saturated rings. The summed E-state index contributed by atoms with van der Waals surface area (Å²) >= 11 is 0. The van der Waals surface area contributed by atoms with Crippen molar-refractivity contribution >= 4 is 0 Å². The van der Waals surface area contributed by atoms with Crippen molar-refractivity contribution in [2.45, 2.75) is 37.6 Å². The minimum Gasteiger partial charge on any atom is -0.508 e. The number of hydrogen-bond donors (Lipinski definition) is 2. The normalized spacial score (nSPS) is 26.0. The Labute approximate surface area is 178 Å². The Morgan fingerprint density at radius 2 is 1.93 bits per heavy atom. The number of rotatable bonds is 6. The van der Waals surface area contributed by atoms with Gasteiger partial charge in [0.2, 0.25) is 0 Å². The molecular weight excluding hydrogens is 381 g/mol. The van der Waals surface area contributed by atoms with Crippen LogP contribution in [0.2, 0.25) is 0 Å². The van der Waals surface area contributed by atoms with Crippen LogP contribution in [0.5, 0.6) is 5.75 Å². The van der Waals surface area contributed by atoms with E-state index in [9.17, 15) is 9.50 Å². The maximum absolute atomic E-state index is 14.1. The molecule has 2 aliphatic heterocycles. The molecule has 0 spiro atoms. The van der Waals surface area contributed by atoms with Crippen molar-refractivity contribution in [2.24, 2.45) is 0 Å². The number of hydrogen-bond acceptors (Lipinski definition) is 5. The van der Waals surface area contributed by atoms with Crippen molar-refractivity contribution in [3.05, 3.63) is 65.5 Å². The lowest BCUT2D eigenvalue weighted by molar-refractivity contribution is -0.00400. The van der Waals surface area contributed by atoms with E-state index < -0.39 is 0 Å². The van der Waals surface area contributed by atoms with E-state index in [2.05, 4.69) is 22.2 Å². The van der Waals surface area contributed by atoms with Gasteiger partial charge in [-0.05, 0) is 32.0 Å². The number of halogens is 1. The molecule has 0 saturated carbocycles. The third kappa shape index (κ3) is 5.19. The largest absolute Gasteiger partial charge is 0.508 e. The number of phenols is 1. The fourth-order valence-electron chi connectivity index (χ4n) is 4.50. The smallest absolute Gasteiger partial charge is 0.129 e. The van der Waals surface area contributed by atoms with E-state index in [0.29, 0.717) is 30.0 Å². The molecule has 3 unspecified atom stereocenters. The first-order chi connectivity index (χ1) is 14.6. The Morgan fingerprint density at radius 3 is 2.77 bits per heavy atom. The first-order valence-corrected chi connectivity index (χ1v) is 10.9. The maximum Gasteiger partial charge on any atom is 0.129 e. The van der Waals surface area contributed by atoms with E-state index in [1.165, 1.54) is 6.07 Å². The minimum atomic E-state index is -0.185. The second-order valence-corrected chi connectivity index (χ2v) is 8.51. The first-order valence-electron chi connectivity index (χ1n) is 10.9. The van der Waals surface area contributed by atoms with Crippen LogP contribution in [-0.4, -0.2) is 66.8 Å². The van der Waals surface area contributed by atoms with E-state index in [1.54, 1.807) is 12.1 Å². The van der Waals surface area contributed by atoms with Gasteiger partial charge in [-0.3, -0.25) is 9.80 Å². The van der Waals surface area contributed by atoms with Crippen molar-refractivity contribution in [3.8, 4) is 5.75 Å². The van der Waals surface area contributed by atoms with E-state index in [0.717, 1.165) is 51.1 Å². The summed E-state index contributed by atoms with van der Waals surface area (Å²) in [5.41, 5.74) is 1.64. The van der Waals surface area contributed by atoms with Crippen LogP contribution in [0.4, 0.5) is 4.39 Å². The number of para-hydroxylation sites is 1. The Balaban J connectivity index is 1.31. The number of benzene rings is 2. The maximum atomic E-state index is 14.1. The molecule has 3 atom stereocenters. The lowest BCUT2D eigenvalue weighted by atomic mass is 9.96. The monoisotopic (exact) mass is 413 g/mol. The van der Waals surface area contributed by atoms with Crippen molar-refractivity contribution in [2.75, 3.05) is 39.8 Å². The van der Waals surface area contributed by atoms with E-state index in [4.69, 9.17) is 4.74 Å². The molecule has 4 rings (SSSR count). The Kier molecular flexibility index (Phi) is 7.00. The number of phenolic OH excluding ortho intramolecular Hbond substituents is 1. The highest BCUT2D eigenvalue weighted by molar-refractivity contribution is 5.31. The van der Waals surface area contributed by atoms with Gasteiger partial charge >= 0.3 is 0 Å². The molecular formula is C24H32FN3O2. The standard InChI is InChI=1S/C24H32FN3O2/c1-27-11-12-28(16-18-6-2-5-9-23(18)29)17-20(27)15-26-19-10-13-30-24(14-19)21-7-3-4-8-22(21)25/h2-9,19-20,24,26,29H,10-17H2,1H3. The molecule has 2 aromatic carbocycles. The lowest BCUT2D eigenvalue weighted by Crippen LogP contribution is -2.55. The third-order valence-corrected chi connectivity index (χ3v) is 6.42. The molecule has 2 saturated heterocycles. The zero-order valence-electron chi connectivity index (χ0n) is 17.6. The zero-order chi connectivity index (χ0) is 20.9. The van der Waals surface area contributed by atoms with Crippen molar-refractivity contribution in [1.29, 1.82) is 0 Å². The van der Waals surface area contributed by atoms with Gasteiger partial charge in [0.1, 0.15) is 11.6 Å². The molecule has 0 radical (unpaired) electrons. The van der Waals surface area contributed by atoms with E-state index in [1.807, 2.05) is 30.3 Å². The van der Waals surface area contributed by atoms with Gasteiger partial charge in [0.05, 0.1) is 6.10 Å². The van der Waals surface area contributed by atoms with E-state index in [-0.39, 0.29) is 11.9 Å². The SMILES string of the molecule is CN1CCN(Cc2ccccc2O)CC1CNC1CCOC(c2ccccc2F)C1. The predicted octanol–water partition coefficient (Wildman–Crippen LogP) is 3.16. The van der Waals surface area contributed by atoms with Gasteiger partial charge in [0.25, 0.3) is 0 Å². The molecule has 162 valence electrons. The van der Waals surface area contributed by atoms with Crippen LogP contribution in [0.25, 0.3) is 0 Å². The van der Waals surface area contributed by atoms with Crippen LogP contribution in [0.1, 0.15) is 30.1 Å². The van der Waals surface area contributed by atoms with Crippen molar-refractivity contribution in [3.63, 3.8) is 0 Å². The van der Waals surface area contributed by atoms with E-state index >= 15 is 0 Å². The number of likely N-dealkylation sites (N-methyl/N-ethyl adjacent to an activating group) is 1. The minimum absolute atomic E-state index is 0.181. The average Bonchev–Trinajstić information content (AvgIpc) is 2.76. The fourth-order valence-corrected chi connectivity index (χ4v) is 4.50. The predicted molar refractivity (Wildman–Crippen MR) is 116 cm³/mol. The molecule has 0 amide bonds. The zero-order valence-corrected chi connectivity index (χ0v) is 17.6. The fraction of sp³-hybridized carbons (Fsp3) is 0.500. The van der Waals surface area contributed by atoms with Crippen LogP contribution in [0.15, 0.2) is 48.5 Å².